The highest BCUT2D eigenvalue weighted by Crippen LogP contribution is 2.22. The van der Waals surface area contributed by atoms with E-state index in [2.05, 4.69) is 10.3 Å². The molecule has 1 N–H and O–H groups in total. The number of amides is 4. The van der Waals surface area contributed by atoms with Crippen LogP contribution in [0.4, 0.5) is 9.18 Å². The van der Waals surface area contributed by atoms with Gasteiger partial charge in [-0.1, -0.05) is 12.1 Å². The van der Waals surface area contributed by atoms with Gasteiger partial charge in [0.2, 0.25) is 0 Å². The molecule has 4 rings (SSSR count). The van der Waals surface area contributed by atoms with Crippen LogP contribution in [-0.2, 0) is 16.1 Å². The van der Waals surface area contributed by atoms with Gasteiger partial charge in [0.25, 0.3) is 30.0 Å². The van der Waals surface area contributed by atoms with Crippen molar-refractivity contribution in [3.8, 4) is 11.5 Å². The Balaban J connectivity index is 1.34. The molecule has 2 heterocycles. The number of hydrogen-bond donors (Lipinski definition) is 1. The minimum absolute atomic E-state index is 0.0922. The first-order valence-electron chi connectivity index (χ1n) is 9.84. The van der Waals surface area contributed by atoms with Gasteiger partial charge in [-0.25, -0.2) is 13.8 Å². The lowest BCUT2D eigenvalue weighted by Crippen LogP contribution is -2.62. The summed E-state index contributed by atoms with van der Waals surface area (Å²) in [4.78, 5) is 43.5. The molecule has 2 aromatic rings. The van der Waals surface area contributed by atoms with Gasteiger partial charge in [0.15, 0.2) is 6.54 Å². The van der Waals surface area contributed by atoms with Crippen LogP contribution < -0.4 is 10.1 Å². The minimum atomic E-state index is -0.805. The highest BCUT2D eigenvalue weighted by atomic mass is 19.1. The molecule has 164 valence electrons. The fourth-order valence-electron chi connectivity index (χ4n) is 3.45. The Morgan fingerprint density at radius 2 is 1.88 bits per heavy atom. The number of urea groups is 1. The molecule has 0 aromatic heterocycles. The second-order valence-corrected chi connectivity index (χ2v) is 7.40. The monoisotopic (exact) mass is 438 g/mol. The summed E-state index contributed by atoms with van der Waals surface area (Å²) in [6.45, 7) is 0.156. The van der Waals surface area contributed by atoms with Crippen molar-refractivity contribution in [3.63, 3.8) is 0 Å². The Morgan fingerprint density at radius 1 is 1.12 bits per heavy atom. The summed E-state index contributed by atoms with van der Waals surface area (Å²) in [5, 5.41) is 2.80. The Hall–Kier alpha value is -4.08. The molecule has 1 atom stereocenters. The number of nitrogens with one attached hydrogen (secondary N) is 1. The van der Waals surface area contributed by atoms with E-state index in [1.54, 1.807) is 18.2 Å². The fourth-order valence-corrected chi connectivity index (χ4v) is 3.45. The van der Waals surface area contributed by atoms with Crippen LogP contribution in [-0.4, -0.2) is 71.1 Å². The van der Waals surface area contributed by atoms with E-state index in [-0.39, 0.29) is 24.8 Å². The first-order valence-corrected chi connectivity index (χ1v) is 9.84. The van der Waals surface area contributed by atoms with E-state index < -0.39 is 18.0 Å². The fraction of sp³-hybridized carbons (Fsp3) is 0.227. The van der Waals surface area contributed by atoms with E-state index >= 15 is 0 Å². The number of nitrogens with zero attached hydrogens (tertiary/aromatic N) is 4. The maximum absolute atomic E-state index is 13.0. The quantitative estimate of drug-likeness (QED) is 0.693. The van der Waals surface area contributed by atoms with E-state index in [1.807, 2.05) is 6.07 Å². The van der Waals surface area contributed by atoms with Crippen LogP contribution in [0, 0.1) is 5.82 Å². The van der Waals surface area contributed by atoms with E-state index in [9.17, 15) is 18.8 Å². The van der Waals surface area contributed by atoms with E-state index in [4.69, 9.17) is 4.74 Å². The van der Waals surface area contributed by atoms with Gasteiger partial charge in [-0.15, -0.1) is 0 Å². The predicted octanol–water partition coefficient (Wildman–Crippen LogP) is 1.58. The summed E-state index contributed by atoms with van der Waals surface area (Å²) < 4.78 is 20.2. The van der Waals surface area contributed by atoms with Crippen LogP contribution >= 0.6 is 0 Å². The number of ether oxygens (including phenoxy) is 1. The van der Waals surface area contributed by atoms with Gasteiger partial charge in [0, 0.05) is 20.6 Å². The molecule has 0 saturated carbocycles. The number of carbonyl (C=O) groups is 3. The maximum Gasteiger partial charge on any atom is 0.333 e. The number of halogens is 1. The standard InChI is InChI=1S/C22H20FN5O4/c1-26-20-19(21(30)27(2)22(26)31)28(13-25-20)12-18(29)24-11-14-4-3-5-17(10-14)32-16-8-6-15(23)7-9-16/h3-10,13,19H,11-12H2,1-2H3/p+1. The molecule has 9 nitrogen and oxygen atoms in total. The number of benzene rings is 2. The molecule has 2 aromatic carbocycles. The number of amidine groups is 1. The molecule has 0 aliphatic carbocycles. The molecule has 4 amide bonds. The zero-order chi connectivity index (χ0) is 22.8. The van der Waals surface area contributed by atoms with Crippen LogP contribution in [0.2, 0.25) is 0 Å². The third-order valence-corrected chi connectivity index (χ3v) is 5.16. The molecule has 0 radical (unpaired) electrons. The van der Waals surface area contributed by atoms with Gasteiger partial charge >= 0.3 is 6.03 Å². The van der Waals surface area contributed by atoms with Crippen LogP contribution in [0.25, 0.3) is 0 Å². The lowest BCUT2D eigenvalue weighted by atomic mass is 10.1. The van der Waals surface area contributed by atoms with Crippen molar-refractivity contribution in [2.24, 2.45) is 4.99 Å². The van der Waals surface area contributed by atoms with E-state index in [0.717, 1.165) is 10.5 Å². The van der Waals surface area contributed by atoms with Gasteiger partial charge in [-0.05, 0) is 47.0 Å². The van der Waals surface area contributed by atoms with Gasteiger partial charge < -0.3 is 10.1 Å². The lowest BCUT2D eigenvalue weighted by Gasteiger charge is -2.30. The Morgan fingerprint density at radius 3 is 2.62 bits per heavy atom. The highest BCUT2D eigenvalue weighted by molar-refractivity contribution is 6.21. The molecule has 0 bridgehead atoms. The van der Waals surface area contributed by atoms with Crippen molar-refractivity contribution in [1.82, 2.24) is 15.1 Å². The van der Waals surface area contributed by atoms with Crippen molar-refractivity contribution in [1.29, 1.82) is 0 Å². The van der Waals surface area contributed by atoms with Crippen LogP contribution in [0.3, 0.4) is 0 Å². The second kappa shape index (κ2) is 8.58. The number of carbonyl (C=O) groups excluding carboxylic acids is 3. The second-order valence-electron chi connectivity index (χ2n) is 7.40. The first kappa shape index (κ1) is 21.2. The number of fused-ring (bicyclic) bond motifs is 1. The smallest absolute Gasteiger partial charge is 0.333 e. The van der Waals surface area contributed by atoms with Crippen molar-refractivity contribution in [3.05, 3.63) is 59.9 Å². The average Bonchev–Trinajstić information content (AvgIpc) is 3.20. The van der Waals surface area contributed by atoms with Crippen molar-refractivity contribution < 1.29 is 28.1 Å². The summed E-state index contributed by atoms with van der Waals surface area (Å²) in [5.41, 5.74) is 0.805. The number of hydrogen-bond acceptors (Lipinski definition) is 5. The van der Waals surface area contributed by atoms with Crippen LogP contribution in [0.1, 0.15) is 5.56 Å². The molecule has 1 saturated heterocycles. The largest absolute Gasteiger partial charge is 0.457 e. The van der Waals surface area contributed by atoms with Crippen molar-refractivity contribution in [2.45, 2.75) is 12.6 Å². The molecular formula is C22H21FN5O4+. The van der Waals surface area contributed by atoms with Crippen LogP contribution in [0.5, 0.6) is 11.5 Å². The van der Waals surface area contributed by atoms with Gasteiger partial charge in [-0.2, -0.15) is 0 Å². The number of likely N-dealkylation sites (N-methyl/N-ethyl adjacent to an activating group) is 2. The first-order chi connectivity index (χ1) is 15.3. The number of rotatable bonds is 6. The number of aliphatic imine (C=N–C) groups is 1. The minimum Gasteiger partial charge on any atom is -0.457 e. The molecule has 0 spiro atoms. The molecule has 10 heteroatoms. The molecule has 1 fully saturated rings. The van der Waals surface area contributed by atoms with Gasteiger partial charge in [0.05, 0.1) is 0 Å². The van der Waals surface area contributed by atoms with E-state index in [0.29, 0.717) is 17.3 Å². The highest BCUT2D eigenvalue weighted by Gasteiger charge is 2.50. The SMILES string of the molecule is CN1C(=O)C2C(=NC=[N+]2CC(=O)NCc2cccc(Oc3ccc(F)cc3)c2)N(C)C1=O. The zero-order valence-electron chi connectivity index (χ0n) is 17.5. The molecule has 1 unspecified atom stereocenters. The number of imide groups is 1. The normalized spacial score (nSPS) is 17.7. The summed E-state index contributed by atoms with van der Waals surface area (Å²) in [7, 11) is 2.94. The lowest BCUT2D eigenvalue weighted by molar-refractivity contribution is -0.519. The summed E-state index contributed by atoms with van der Waals surface area (Å²) in [5.74, 6) is 0.269. The third-order valence-electron chi connectivity index (χ3n) is 5.16. The predicted molar refractivity (Wildman–Crippen MR) is 113 cm³/mol. The summed E-state index contributed by atoms with van der Waals surface area (Å²) >= 11 is 0. The third kappa shape index (κ3) is 4.20. The van der Waals surface area contributed by atoms with Gasteiger partial charge in [0.1, 0.15) is 17.3 Å². The average molecular weight is 438 g/mol. The van der Waals surface area contributed by atoms with E-state index in [1.165, 1.54) is 54.2 Å². The molecule has 2 aliphatic heterocycles. The zero-order valence-corrected chi connectivity index (χ0v) is 17.5. The van der Waals surface area contributed by atoms with Gasteiger partial charge in [-0.3, -0.25) is 19.4 Å². The molecule has 32 heavy (non-hydrogen) atoms. The van der Waals surface area contributed by atoms with Crippen molar-refractivity contribution >= 4 is 30.0 Å². The molecular weight excluding hydrogens is 417 g/mol. The topological polar surface area (TPSA) is 94.3 Å². The van der Waals surface area contributed by atoms with Crippen LogP contribution in [0.15, 0.2) is 53.5 Å². The summed E-state index contributed by atoms with van der Waals surface area (Å²) in [6, 6.07) is 11.6. The summed E-state index contributed by atoms with van der Waals surface area (Å²) in [6.07, 6.45) is 1.40. The Kier molecular flexibility index (Phi) is 5.67. The Bertz CT molecular complexity index is 1150. The Labute approximate surface area is 183 Å². The molecule has 2 aliphatic rings. The van der Waals surface area contributed by atoms with Crippen molar-refractivity contribution in [2.75, 3.05) is 20.6 Å². The maximum atomic E-state index is 13.0.